The molecule has 0 fully saturated rings. The van der Waals surface area contributed by atoms with Gasteiger partial charge >= 0.3 is 0 Å². The van der Waals surface area contributed by atoms with Crippen molar-refractivity contribution < 1.29 is 18.6 Å². The SMILES string of the molecule is Cc1ccc2oc(-c3cccc(NC(=S)NC(=O)c4ccc(-c5cccc([N+](=O)[O-])c5)o4)c3)nc2c1. The lowest BCUT2D eigenvalue weighted by molar-refractivity contribution is -0.384. The molecule has 10 heteroatoms. The summed E-state index contributed by atoms with van der Waals surface area (Å²) in [5, 5.41) is 16.6. The van der Waals surface area contributed by atoms with Gasteiger partial charge in [-0.15, -0.1) is 0 Å². The van der Waals surface area contributed by atoms with Gasteiger partial charge in [-0.2, -0.15) is 0 Å². The molecular formula is C26H18N4O5S. The summed E-state index contributed by atoms with van der Waals surface area (Å²) in [6.07, 6.45) is 0. The molecule has 0 unspecified atom stereocenters. The van der Waals surface area contributed by atoms with Crippen LogP contribution in [0.5, 0.6) is 0 Å². The van der Waals surface area contributed by atoms with Crippen molar-refractivity contribution in [2.75, 3.05) is 5.32 Å². The summed E-state index contributed by atoms with van der Waals surface area (Å²) in [5.74, 6) is 0.244. The summed E-state index contributed by atoms with van der Waals surface area (Å²) < 4.78 is 11.4. The van der Waals surface area contributed by atoms with E-state index in [9.17, 15) is 14.9 Å². The first kappa shape index (κ1) is 22.9. The van der Waals surface area contributed by atoms with Crippen molar-refractivity contribution >= 4 is 45.7 Å². The minimum atomic E-state index is -0.561. The van der Waals surface area contributed by atoms with Crippen molar-refractivity contribution in [1.82, 2.24) is 10.3 Å². The molecule has 2 N–H and O–H groups in total. The van der Waals surface area contributed by atoms with Gasteiger partial charge in [-0.25, -0.2) is 4.98 Å². The van der Waals surface area contributed by atoms with Crippen LogP contribution in [0.2, 0.25) is 0 Å². The maximum absolute atomic E-state index is 12.6. The molecule has 3 aromatic carbocycles. The first-order valence-corrected chi connectivity index (χ1v) is 11.2. The third-order valence-corrected chi connectivity index (χ3v) is 5.51. The number of hydrogen-bond donors (Lipinski definition) is 2. The number of amides is 1. The van der Waals surface area contributed by atoms with Gasteiger partial charge in [0, 0.05) is 28.9 Å². The van der Waals surface area contributed by atoms with Crippen LogP contribution in [0.4, 0.5) is 11.4 Å². The van der Waals surface area contributed by atoms with Gasteiger partial charge in [-0.1, -0.05) is 24.3 Å². The van der Waals surface area contributed by atoms with Crippen molar-refractivity contribution in [3.8, 4) is 22.8 Å². The lowest BCUT2D eigenvalue weighted by atomic mass is 10.1. The second-order valence-corrected chi connectivity index (χ2v) is 8.36. The first-order valence-electron chi connectivity index (χ1n) is 10.8. The number of fused-ring (bicyclic) bond motifs is 1. The first-order chi connectivity index (χ1) is 17.4. The maximum Gasteiger partial charge on any atom is 0.293 e. The lowest BCUT2D eigenvalue weighted by Crippen LogP contribution is -2.33. The Labute approximate surface area is 209 Å². The fraction of sp³-hybridized carbons (Fsp3) is 0.0385. The molecule has 0 aliphatic rings. The topological polar surface area (TPSA) is 123 Å². The number of aromatic nitrogens is 1. The van der Waals surface area contributed by atoms with E-state index in [4.69, 9.17) is 21.1 Å². The van der Waals surface area contributed by atoms with Gasteiger partial charge in [0.2, 0.25) is 5.89 Å². The zero-order chi connectivity index (χ0) is 25.2. The van der Waals surface area contributed by atoms with Gasteiger partial charge in [0.05, 0.1) is 4.92 Å². The molecule has 0 bridgehead atoms. The lowest BCUT2D eigenvalue weighted by Gasteiger charge is -2.09. The highest BCUT2D eigenvalue weighted by Crippen LogP contribution is 2.27. The molecule has 0 radical (unpaired) electrons. The molecule has 0 spiro atoms. The summed E-state index contributed by atoms with van der Waals surface area (Å²) in [6.45, 7) is 1.99. The zero-order valence-corrected chi connectivity index (χ0v) is 19.7. The van der Waals surface area contributed by atoms with Crippen molar-refractivity contribution in [3.63, 3.8) is 0 Å². The highest BCUT2D eigenvalue weighted by molar-refractivity contribution is 7.80. The van der Waals surface area contributed by atoms with Gasteiger partial charge in [0.25, 0.3) is 11.6 Å². The van der Waals surface area contributed by atoms with Gasteiger partial charge in [-0.3, -0.25) is 20.2 Å². The third kappa shape index (κ3) is 4.84. The monoisotopic (exact) mass is 498 g/mol. The number of carbonyl (C=O) groups is 1. The molecule has 0 saturated carbocycles. The van der Waals surface area contributed by atoms with Crippen molar-refractivity contribution in [2.45, 2.75) is 6.92 Å². The van der Waals surface area contributed by atoms with Crippen LogP contribution < -0.4 is 10.6 Å². The van der Waals surface area contributed by atoms with Gasteiger partial charge in [0.15, 0.2) is 16.5 Å². The van der Waals surface area contributed by atoms with E-state index in [-0.39, 0.29) is 16.6 Å². The molecule has 36 heavy (non-hydrogen) atoms. The average molecular weight is 499 g/mol. The van der Waals surface area contributed by atoms with E-state index >= 15 is 0 Å². The molecule has 0 saturated heterocycles. The molecule has 178 valence electrons. The van der Waals surface area contributed by atoms with Crippen LogP contribution in [-0.4, -0.2) is 20.9 Å². The van der Waals surface area contributed by atoms with E-state index in [2.05, 4.69) is 15.6 Å². The van der Waals surface area contributed by atoms with E-state index in [0.29, 0.717) is 28.5 Å². The predicted octanol–water partition coefficient (Wildman–Crippen LogP) is 6.10. The molecule has 5 rings (SSSR count). The number of thiocarbonyl (C=S) groups is 1. The molecular weight excluding hydrogens is 480 g/mol. The smallest absolute Gasteiger partial charge is 0.293 e. The quantitative estimate of drug-likeness (QED) is 0.169. The van der Waals surface area contributed by atoms with E-state index in [0.717, 1.165) is 16.6 Å². The number of rotatable bonds is 5. The number of hydrogen-bond acceptors (Lipinski definition) is 7. The summed E-state index contributed by atoms with van der Waals surface area (Å²) >= 11 is 5.29. The molecule has 5 aromatic rings. The number of carbonyl (C=O) groups excluding carboxylic acids is 1. The van der Waals surface area contributed by atoms with E-state index in [1.165, 1.54) is 18.2 Å². The Bertz CT molecular complexity index is 1640. The number of non-ortho nitro benzene ring substituents is 1. The van der Waals surface area contributed by atoms with Crippen LogP contribution in [0.15, 0.2) is 87.7 Å². The molecule has 9 nitrogen and oxygen atoms in total. The zero-order valence-electron chi connectivity index (χ0n) is 18.8. The summed E-state index contributed by atoms with van der Waals surface area (Å²) in [7, 11) is 0. The standard InChI is InChI=1S/C26H18N4O5S/c1-15-8-9-22-20(12-15)28-25(35-22)17-5-2-6-18(13-17)27-26(36)29-24(31)23-11-10-21(34-23)16-4-3-7-19(14-16)30(32)33/h2-14H,1H3,(H2,27,29,31,36). The summed E-state index contributed by atoms with van der Waals surface area (Å²) in [6, 6.07) is 22.1. The van der Waals surface area contributed by atoms with Crippen LogP contribution in [0.25, 0.3) is 33.9 Å². The Hall–Kier alpha value is -4.83. The third-order valence-electron chi connectivity index (χ3n) is 5.31. The number of nitro groups is 1. The van der Waals surface area contributed by atoms with Crippen molar-refractivity contribution in [2.24, 2.45) is 0 Å². The number of oxazole rings is 1. The van der Waals surface area contributed by atoms with Crippen LogP contribution in [-0.2, 0) is 0 Å². The fourth-order valence-corrected chi connectivity index (χ4v) is 3.82. The normalized spacial score (nSPS) is 10.8. The Morgan fingerprint density at radius 1 is 0.972 bits per heavy atom. The largest absolute Gasteiger partial charge is 0.451 e. The van der Waals surface area contributed by atoms with Crippen molar-refractivity contribution in [1.29, 1.82) is 0 Å². The van der Waals surface area contributed by atoms with Gasteiger partial charge in [0.1, 0.15) is 11.3 Å². The number of nitrogens with zero attached hydrogens (tertiary/aromatic N) is 2. The molecule has 0 aliphatic heterocycles. The van der Waals surface area contributed by atoms with E-state index in [1.807, 2.05) is 43.3 Å². The number of aryl methyl sites for hydroxylation is 1. The number of nitrogens with one attached hydrogen (secondary N) is 2. The van der Waals surface area contributed by atoms with Crippen molar-refractivity contribution in [3.05, 3.63) is 100 Å². The highest BCUT2D eigenvalue weighted by Gasteiger charge is 2.16. The average Bonchev–Trinajstić information content (AvgIpc) is 3.52. The molecule has 0 aliphatic carbocycles. The van der Waals surface area contributed by atoms with Crippen LogP contribution >= 0.6 is 12.2 Å². The Morgan fingerprint density at radius 3 is 2.61 bits per heavy atom. The van der Waals surface area contributed by atoms with Crippen LogP contribution in [0.1, 0.15) is 16.1 Å². The van der Waals surface area contributed by atoms with Gasteiger partial charge < -0.3 is 14.2 Å². The van der Waals surface area contributed by atoms with Crippen LogP contribution in [0.3, 0.4) is 0 Å². The molecule has 2 aromatic heterocycles. The summed E-state index contributed by atoms with van der Waals surface area (Å²) in [4.78, 5) is 27.7. The van der Waals surface area contributed by atoms with E-state index in [1.54, 1.807) is 24.3 Å². The second kappa shape index (κ2) is 9.43. The van der Waals surface area contributed by atoms with Gasteiger partial charge in [-0.05, 0) is 67.2 Å². The maximum atomic E-state index is 12.6. The number of anilines is 1. The number of benzene rings is 3. The molecule has 2 heterocycles. The Kier molecular flexibility index (Phi) is 6.01. The molecule has 1 amide bonds. The fourth-order valence-electron chi connectivity index (χ4n) is 3.61. The number of furan rings is 1. The predicted molar refractivity (Wildman–Crippen MR) is 139 cm³/mol. The Morgan fingerprint density at radius 2 is 1.78 bits per heavy atom. The molecule has 0 atom stereocenters. The summed E-state index contributed by atoms with van der Waals surface area (Å²) in [5.41, 5.74) is 4.34. The van der Waals surface area contributed by atoms with Crippen LogP contribution in [0, 0.1) is 17.0 Å². The second-order valence-electron chi connectivity index (χ2n) is 7.95. The Balaban J connectivity index is 1.26. The minimum Gasteiger partial charge on any atom is -0.451 e. The number of nitro benzene ring substituents is 1. The highest BCUT2D eigenvalue weighted by atomic mass is 32.1. The van der Waals surface area contributed by atoms with E-state index < -0.39 is 10.8 Å². The minimum absolute atomic E-state index is 0.0103.